The Morgan fingerprint density at radius 1 is 1.17 bits per heavy atom. The lowest BCUT2D eigenvalue weighted by Crippen LogP contribution is -2.43. The monoisotopic (exact) mass is 439 g/mol. The molecule has 2 atom stereocenters. The minimum absolute atomic E-state index is 0.0338. The lowest BCUT2D eigenvalue weighted by atomic mass is 10.0. The van der Waals surface area contributed by atoms with Gasteiger partial charge in [-0.1, -0.05) is 24.3 Å². The van der Waals surface area contributed by atoms with Gasteiger partial charge in [0.2, 0.25) is 0 Å². The summed E-state index contributed by atoms with van der Waals surface area (Å²) in [5.74, 6) is 1.51. The fraction of sp³-hybridized carbons (Fsp3) is 0.368. The Hall–Kier alpha value is -1.31. The minimum Gasteiger partial charge on any atom is -0.490 e. The second-order valence-corrected chi connectivity index (χ2v) is 6.83. The lowest BCUT2D eigenvalue weighted by molar-refractivity contribution is -0.0439. The Labute approximate surface area is 156 Å². The van der Waals surface area contributed by atoms with Crippen LogP contribution in [0.15, 0.2) is 48.5 Å². The van der Waals surface area contributed by atoms with Crippen molar-refractivity contribution in [2.24, 2.45) is 0 Å². The Bertz CT molecular complexity index is 641. The van der Waals surface area contributed by atoms with E-state index in [9.17, 15) is 0 Å². The molecule has 5 heteroatoms. The molecule has 0 bridgehead atoms. The highest BCUT2D eigenvalue weighted by molar-refractivity contribution is 14.1. The molecule has 4 nitrogen and oxygen atoms in total. The van der Waals surface area contributed by atoms with Crippen molar-refractivity contribution in [1.29, 1.82) is 0 Å². The molecule has 1 N–H and O–H groups in total. The molecule has 3 rings (SSSR count). The first-order valence-electron chi connectivity index (χ1n) is 8.24. The average molecular weight is 439 g/mol. The summed E-state index contributed by atoms with van der Waals surface area (Å²) in [6, 6.07) is 16.2. The topological polar surface area (TPSA) is 39.7 Å². The second kappa shape index (κ2) is 8.69. The highest BCUT2D eigenvalue weighted by Crippen LogP contribution is 2.33. The van der Waals surface area contributed by atoms with Gasteiger partial charge in [-0.25, -0.2) is 0 Å². The van der Waals surface area contributed by atoms with Gasteiger partial charge < -0.3 is 19.5 Å². The lowest BCUT2D eigenvalue weighted by Gasteiger charge is -2.32. The van der Waals surface area contributed by atoms with E-state index in [-0.39, 0.29) is 12.2 Å². The highest BCUT2D eigenvalue weighted by atomic mass is 127. The fourth-order valence-corrected chi connectivity index (χ4v) is 3.11. The number of rotatable bonds is 6. The number of benzene rings is 2. The zero-order valence-corrected chi connectivity index (χ0v) is 15.9. The van der Waals surface area contributed by atoms with Crippen molar-refractivity contribution in [2.75, 3.05) is 26.3 Å². The molecule has 2 aromatic carbocycles. The van der Waals surface area contributed by atoms with Crippen LogP contribution in [0.5, 0.6) is 11.5 Å². The van der Waals surface area contributed by atoms with E-state index in [1.54, 1.807) is 0 Å². The summed E-state index contributed by atoms with van der Waals surface area (Å²) in [6.45, 7) is 4.93. The van der Waals surface area contributed by atoms with Crippen molar-refractivity contribution < 1.29 is 14.2 Å². The Balaban J connectivity index is 1.88. The Kier molecular flexibility index (Phi) is 6.34. The van der Waals surface area contributed by atoms with Crippen LogP contribution >= 0.6 is 22.6 Å². The number of halogens is 1. The van der Waals surface area contributed by atoms with Gasteiger partial charge in [-0.15, -0.1) is 0 Å². The van der Waals surface area contributed by atoms with E-state index >= 15 is 0 Å². The maximum atomic E-state index is 6.37. The molecule has 0 aliphatic carbocycles. The summed E-state index contributed by atoms with van der Waals surface area (Å²) in [5.41, 5.74) is 1.11. The normalized spacial score (nSPS) is 18.8. The van der Waals surface area contributed by atoms with Crippen molar-refractivity contribution in [2.45, 2.75) is 19.1 Å². The van der Waals surface area contributed by atoms with Crippen LogP contribution in [-0.2, 0) is 4.74 Å². The molecule has 1 fully saturated rings. The van der Waals surface area contributed by atoms with E-state index < -0.39 is 0 Å². The van der Waals surface area contributed by atoms with Crippen LogP contribution in [0.4, 0.5) is 0 Å². The number of morpholine rings is 1. The van der Waals surface area contributed by atoms with Gasteiger partial charge in [-0.2, -0.15) is 0 Å². The molecule has 0 amide bonds. The summed E-state index contributed by atoms with van der Waals surface area (Å²) in [6.07, 6.45) is -0.218. The van der Waals surface area contributed by atoms with Gasteiger partial charge in [-0.05, 0) is 59.3 Å². The molecule has 1 aliphatic heterocycles. The number of nitrogens with one attached hydrogen (secondary N) is 1. The summed E-state index contributed by atoms with van der Waals surface area (Å²) in [4.78, 5) is 0. The van der Waals surface area contributed by atoms with E-state index in [1.165, 1.54) is 3.57 Å². The summed E-state index contributed by atoms with van der Waals surface area (Å²) in [5, 5.41) is 3.38. The highest BCUT2D eigenvalue weighted by Gasteiger charge is 2.28. The zero-order chi connectivity index (χ0) is 16.8. The zero-order valence-electron chi connectivity index (χ0n) is 13.7. The van der Waals surface area contributed by atoms with Crippen LogP contribution in [0.25, 0.3) is 0 Å². The van der Waals surface area contributed by atoms with E-state index in [0.29, 0.717) is 13.2 Å². The molecule has 0 radical (unpaired) electrons. The van der Waals surface area contributed by atoms with Gasteiger partial charge >= 0.3 is 0 Å². The smallest absolute Gasteiger partial charge is 0.162 e. The Morgan fingerprint density at radius 3 is 2.58 bits per heavy atom. The third kappa shape index (κ3) is 4.40. The van der Waals surface area contributed by atoms with E-state index in [0.717, 1.165) is 30.2 Å². The molecule has 0 saturated carbocycles. The molecule has 0 spiro atoms. The van der Waals surface area contributed by atoms with E-state index in [2.05, 4.69) is 52.2 Å². The molecule has 24 heavy (non-hydrogen) atoms. The standard InChI is InChI=1S/C19H22INO3/c1-2-22-16-5-3-4-6-17(16)24-19(18-13-21-11-12-23-18)14-7-9-15(20)10-8-14/h3-10,18-19,21H,2,11-13H2,1H3/t18-,19+/m0/s1. The first-order valence-corrected chi connectivity index (χ1v) is 9.32. The molecule has 1 heterocycles. The van der Waals surface area contributed by atoms with Crippen LogP contribution in [0.2, 0.25) is 0 Å². The van der Waals surface area contributed by atoms with Gasteiger partial charge in [-0.3, -0.25) is 0 Å². The molecule has 0 unspecified atom stereocenters. The van der Waals surface area contributed by atoms with Crippen LogP contribution in [0.1, 0.15) is 18.6 Å². The maximum Gasteiger partial charge on any atom is 0.162 e. The number of para-hydroxylation sites is 2. The van der Waals surface area contributed by atoms with Gasteiger partial charge in [0.05, 0.1) is 13.2 Å². The predicted octanol–water partition coefficient (Wildman–Crippen LogP) is 3.80. The third-order valence-corrected chi connectivity index (χ3v) is 4.61. The molecule has 2 aromatic rings. The molecular formula is C19H22INO3. The largest absolute Gasteiger partial charge is 0.490 e. The van der Waals surface area contributed by atoms with Crippen LogP contribution in [0, 0.1) is 3.57 Å². The first-order chi connectivity index (χ1) is 11.8. The van der Waals surface area contributed by atoms with Gasteiger partial charge in [0.1, 0.15) is 6.10 Å². The number of hydrogen-bond acceptors (Lipinski definition) is 4. The van der Waals surface area contributed by atoms with Crippen LogP contribution in [0.3, 0.4) is 0 Å². The van der Waals surface area contributed by atoms with E-state index in [4.69, 9.17) is 14.2 Å². The minimum atomic E-state index is -0.184. The number of ether oxygens (including phenoxy) is 3. The first kappa shape index (κ1) is 17.5. The molecule has 0 aromatic heterocycles. The third-order valence-electron chi connectivity index (χ3n) is 3.90. The van der Waals surface area contributed by atoms with Crippen molar-refractivity contribution in [1.82, 2.24) is 5.32 Å². The Morgan fingerprint density at radius 2 is 1.92 bits per heavy atom. The quantitative estimate of drug-likeness (QED) is 0.696. The fourth-order valence-electron chi connectivity index (χ4n) is 2.75. The molecule has 1 aliphatic rings. The summed E-state index contributed by atoms with van der Waals surface area (Å²) < 4.78 is 19.2. The molecular weight excluding hydrogens is 417 g/mol. The van der Waals surface area contributed by atoms with Gasteiger partial charge in [0.15, 0.2) is 17.6 Å². The van der Waals surface area contributed by atoms with Gasteiger partial charge in [0, 0.05) is 16.7 Å². The van der Waals surface area contributed by atoms with Crippen molar-refractivity contribution in [3.8, 4) is 11.5 Å². The van der Waals surface area contributed by atoms with Crippen molar-refractivity contribution in [3.63, 3.8) is 0 Å². The SMILES string of the molecule is CCOc1ccccc1O[C@H](c1ccc(I)cc1)[C@@H]1CNCCO1. The van der Waals surface area contributed by atoms with Gasteiger partial charge in [0.25, 0.3) is 0 Å². The van der Waals surface area contributed by atoms with Crippen molar-refractivity contribution >= 4 is 22.6 Å². The van der Waals surface area contributed by atoms with Crippen molar-refractivity contribution in [3.05, 3.63) is 57.7 Å². The number of hydrogen-bond donors (Lipinski definition) is 1. The molecule has 1 saturated heterocycles. The van der Waals surface area contributed by atoms with E-state index in [1.807, 2.05) is 31.2 Å². The summed E-state index contributed by atoms with van der Waals surface area (Å²) in [7, 11) is 0. The maximum absolute atomic E-state index is 6.37. The average Bonchev–Trinajstić information content (AvgIpc) is 2.63. The summed E-state index contributed by atoms with van der Waals surface area (Å²) >= 11 is 2.31. The molecule has 128 valence electrons. The van der Waals surface area contributed by atoms with Crippen LogP contribution < -0.4 is 14.8 Å². The van der Waals surface area contributed by atoms with Crippen LogP contribution in [-0.4, -0.2) is 32.4 Å². The predicted molar refractivity (Wildman–Crippen MR) is 103 cm³/mol. The second-order valence-electron chi connectivity index (χ2n) is 5.58.